The van der Waals surface area contributed by atoms with Crippen molar-refractivity contribution in [1.82, 2.24) is 10.1 Å². The minimum Gasteiger partial charge on any atom is -0.389 e. The lowest BCUT2D eigenvalue weighted by Gasteiger charge is -2.18. The first-order chi connectivity index (χ1) is 9.69. The van der Waals surface area contributed by atoms with E-state index >= 15 is 0 Å². The number of hydrogen-bond acceptors (Lipinski definition) is 5. The third kappa shape index (κ3) is 4.16. The van der Waals surface area contributed by atoms with Crippen molar-refractivity contribution < 1.29 is 14.4 Å². The van der Waals surface area contributed by atoms with Crippen LogP contribution in [0.3, 0.4) is 0 Å². The summed E-state index contributed by atoms with van der Waals surface area (Å²) in [6.45, 7) is 1.48. The van der Waals surface area contributed by atoms with E-state index in [0.29, 0.717) is 19.7 Å². The Morgan fingerprint density at radius 3 is 2.80 bits per heavy atom. The first-order valence-electron chi connectivity index (χ1n) is 6.55. The first-order valence-corrected chi connectivity index (χ1v) is 6.55. The molecule has 5 nitrogen and oxygen atoms in total. The monoisotopic (exact) mass is 276 g/mol. The molecule has 2 aromatic rings. The Kier molecular flexibility index (Phi) is 5.29. The molecule has 1 atom stereocenters. The van der Waals surface area contributed by atoms with Gasteiger partial charge in [-0.25, -0.2) is 0 Å². The van der Waals surface area contributed by atoms with Gasteiger partial charge in [0.25, 0.3) is 0 Å². The smallest absolute Gasteiger partial charge is 0.167 e. The van der Waals surface area contributed by atoms with Crippen molar-refractivity contribution in [3.8, 4) is 11.3 Å². The van der Waals surface area contributed by atoms with Gasteiger partial charge in [-0.15, -0.1) is 0 Å². The van der Waals surface area contributed by atoms with Gasteiger partial charge in [-0.1, -0.05) is 35.5 Å². The van der Waals surface area contributed by atoms with Gasteiger partial charge in [0.2, 0.25) is 0 Å². The number of benzene rings is 1. The van der Waals surface area contributed by atoms with E-state index in [0.717, 1.165) is 17.0 Å². The molecular formula is C15H20N2O3. The molecular weight excluding hydrogens is 256 g/mol. The molecule has 0 aliphatic carbocycles. The molecule has 0 aliphatic rings. The van der Waals surface area contributed by atoms with Gasteiger partial charge >= 0.3 is 0 Å². The zero-order chi connectivity index (χ0) is 14.4. The Bertz CT molecular complexity index is 513. The Balaban J connectivity index is 1.93. The Hall–Kier alpha value is -1.69. The van der Waals surface area contributed by atoms with Gasteiger partial charge in [-0.05, 0) is 7.05 Å². The Morgan fingerprint density at radius 2 is 2.10 bits per heavy atom. The summed E-state index contributed by atoms with van der Waals surface area (Å²) >= 11 is 0. The molecule has 0 amide bonds. The maximum Gasteiger partial charge on any atom is 0.167 e. The molecule has 0 saturated carbocycles. The van der Waals surface area contributed by atoms with Gasteiger partial charge in [-0.3, -0.25) is 4.90 Å². The van der Waals surface area contributed by atoms with Gasteiger partial charge < -0.3 is 14.4 Å². The van der Waals surface area contributed by atoms with Gasteiger partial charge in [0.1, 0.15) is 0 Å². The fourth-order valence-electron chi connectivity index (χ4n) is 2.07. The SMILES string of the molecule is COCC(O)CN(C)Cc1cc(-c2ccccc2)on1. The zero-order valence-electron chi connectivity index (χ0n) is 11.8. The van der Waals surface area contributed by atoms with Crippen LogP contribution in [0.2, 0.25) is 0 Å². The van der Waals surface area contributed by atoms with E-state index in [1.807, 2.05) is 48.3 Å². The first kappa shape index (κ1) is 14.7. The zero-order valence-corrected chi connectivity index (χ0v) is 11.8. The van der Waals surface area contributed by atoms with Crippen molar-refractivity contribution in [2.24, 2.45) is 0 Å². The molecule has 5 heteroatoms. The molecule has 20 heavy (non-hydrogen) atoms. The van der Waals surface area contributed by atoms with E-state index in [2.05, 4.69) is 5.16 Å². The van der Waals surface area contributed by atoms with Crippen molar-refractivity contribution in [3.63, 3.8) is 0 Å². The number of ether oxygens (including phenoxy) is 1. The van der Waals surface area contributed by atoms with Crippen molar-refractivity contribution in [3.05, 3.63) is 42.1 Å². The summed E-state index contributed by atoms with van der Waals surface area (Å²) in [7, 11) is 3.50. The molecule has 1 aromatic carbocycles. The predicted molar refractivity (Wildman–Crippen MR) is 76.2 cm³/mol. The van der Waals surface area contributed by atoms with E-state index in [-0.39, 0.29) is 0 Å². The summed E-state index contributed by atoms with van der Waals surface area (Å²) in [5.41, 5.74) is 1.85. The largest absolute Gasteiger partial charge is 0.389 e. The number of likely N-dealkylation sites (N-methyl/N-ethyl adjacent to an activating group) is 1. The van der Waals surface area contributed by atoms with Crippen molar-refractivity contribution >= 4 is 0 Å². The molecule has 1 aromatic heterocycles. The second-order valence-electron chi connectivity index (χ2n) is 4.85. The number of aliphatic hydroxyl groups excluding tert-OH is 1. The normalized spacial score (nSPS) is 12.8. The number of nitrogens with zero attached hydrogens (tertiary/aromatic N) is 2. The molecule has 0 aliphatic heterocycles. The van der Waals surface area contributed by atoms with Gasteiger partial charge in [0.05, 0.1) is 18.4 Å². The molecule has 1 heterocycles. The summed E-state index contributed by atoms with van der Waals surface area (Å²) in [6, 6.07) is 11.8. The van der Waals surface area contributed by atoms with E-state index in [4.69, 9.17) is 9.26 Å². The highest BCUT2D eigenvalue weighted by molar-refractivity contribution is 5.56. The van der Waals surface area contributed by atoms with E-state index in [1.54, 1.807) is 7.11 Å². The lowest BCUT2D eigenvalue weighted by Crippen LogP contribution is -2.31. The highest BCUT2D eigenvalue weighted by Crippen LogP contribution is 2.20. The molecule has 0 spiro atoms. The third-order valence-electron chi connectivity index (χ3n) is 2.93. The van der Waals surface area contributed by atoms with Crippen LogP contribution >= 0.6 is 0 Å². The third-order valence-corrected chi connectivity index (χ3v) is 2.93. The van der Waals surface area contributed by atoms with Crippen LogP contribution in [0.15, 0.2) is 40.9 Å². The van der Waals surface area contributed by atoms with Crippen LogP contribution in [0.5, 0.6) is 0 Å². The summed E-state index contributed by atoms with van der Waals surface area (Å²) in [5.74, 6) is 0.756. The lowest BCUT2D eigenvalue weighted by molar-refractivity contribution is 0.0415. The van der Waals surface area contributed by atoms with Crippen LogP contribution in [-0.4, -0.2) is 48.6 Å². The summed E-state index contributed by atoms with van der Waals surface area (Å²) in [6.07, 6.45) is -0.495. The number of rotatable bonds is 7. The average molecular weight is 276 g/mol. The lowest BCUT2D eigenvalue weighted by atomic mass is 10.1. The summed E-state index contributed by atoms with van der Waals surface area (Å²) < 4.78 is 10.2. The Labute approximate surface area is 118 Å². The molecule has 1 unspecified atom stereocenters. The molecule has 0 saturated heterocycles. The van der Waals surface area contributed by atoms with E-state index in [1.165, 1.54) is 0 Å². The highest BCUT2D eigenvalue weighted by atomic mass is 16.5. The summed E-state index contributed by atoms with van der Waals surface area (Å²) in [5, 5.41) is 13.7. The second-order valence-corrected chi connectivity index (χ2v) is 4.85. The van der Waals surface area contributed by atoms with Crippen LogP contribution in [0.4, 0.5) is 0 Å². The van der Waals surface area contributed by atoms with Crippen LogP contribution in [0, 0.1) is 0 Å². The fraction of sp³-hybridized carbons (Fsp3) is 0.400. The molecule has 108 valence electrons. The fourth-order valence-corrected chi connectivity index (χ4v) is 2.07. The molecule has 0 fully saturated rings. The minimum absolute atomic E-state index is 0.332. The Morgan fingerprint density at radius 1 is 1.35 bits per heavy atom. The number of hydrogen-bond donors (Lipinski definition) is 1. The maximum atomic E-state index is 9.67. The number of methoxy groups -OCH3 is 1. The summed E-state index contributed by atoms with van der Waals surface area (Å²) in [4.78, 5) is 1.98. The van der Waals surface area contributed by atoms with Crippen LogP contribution < -0.4 is 0 Å². The van der Waals surface area contributed by atoms with Crippen molar-refractivity contribution in [1.29, 1.82) is 0 Å². The topological polar surface area (TPSA) is 58.7 Å². The molecule has 1 N–H and O–H groups in total. The van der Waals surface area contributed by atoms with Crippen LogP contribution in [0.25, 0.3) is 11.3 Å². The molecule has 2 rings (SSSR count). The van der Waals surface area contributed by atoms with Gasteiger partial charge in [0, 0.05) is 31.8 Å². The van der Waals surface area contributed by atoms with Crippen LogP contribution in [0.1, 0.15) is 5.69 Å². The number of aromatic nitrogens is 1. The average Bonchev–Trinajstić information content (AvgIpc) is 2.88. The van der Waals surface area contributed by atoms with Crippen molar-refractivity contribution in [2.75, 3.05) is 27.3 Å². The molecule has 0 bridgehead atoms. The maximum absolute atomic E-state index is 9.67. The van der Waals surface area contributed by atoms with E-state index in [9.17, 15) is 5.11 Å². The standard InChI is InChI=1S/C15H20N2O3/c1-17(10-14(18)11-19-2)9-13-8-15(20-16-13)12-6-4-3-5-7-12/h3-8,14,18H,9-11H2,1-2H3. The minimum atomic E-state index is -0.495. The second kappa shape index (κ2) is 7.19. The molecule has 0 radical (unpaired) electrons. The van der Waals surface area contributed by atoms with Crippen molar-refractivity contribution in [2.45, 2.75) is 12.6 Å². The quantitative estimate of drug-likeness (QED) is 0.835. The van der Waals surface area contributed by atoms with Gasteiger partial charge in [-0.2, -0.15) is 0 Å². The highest BCUT2D eigenvalue weighted by Gasteiger charge is 2.11. The number of aliphatic hydroxyl groups is 1. The van der Waals surface area contributed by atoms with Crippen LogP contribution in [-0.2, 0) is 11.3 Å². The van der Waals surface area contributed by atoms with E-state index < -0.39 is 6.10 Å². The predicted octanol–water partition coefficient (Wildman–Crippen LogP) is 1.78. The van der Waals surface area contributed by atoms with Gasteiger partial charge in [0.15, 0.2) is 5.76 Å².